The van der Waals surface area contributed by atoms with Crippen molar-refractivity contribution in [1.82, 2.24) is 25.1 Å². The van der Waals surface area contributed by atoms with E-state index in [0.717, 1.165) is 13.1 Å². The molecule has 1 aromatic rings. The third-order valence-corrected chi connectivity index (χ3v) is 4.86. The van der Waals surface area contributed by atoms with Gasteiger partial charge in [0, 0.05) is 39.1 Å². The molecule has 2 atom stereocenters. The van der Waals surface area contributed by atoms with Crippen LogP contribution in [-0.2, 0) is 15.1 Å². The maximum Gasteiger partial charge on any atom is 0.250 e. The van der Waals surface area contributed by atoms with Crippen molar-refractivity contribution in [3.63, 3.8) is 0 Å². The number of likely N-dealkylation sites (tertiary alicyclic amines) is 1. The van der Waals surface area contributed by atoms with Gasteiger partial charge in [-0.25, -0.2) is 4.68 Å². The van der Waals surface area contributed by atoms with Gasteiger partial charge in [0.1, 0.15) is 11.9 Å². The summed E-state index contributed by atoms with van der Waals surface area (Å²) in [5.41, 5.74) is 5.09. The summed E-state index contributed by atoms with van der Waals surface area (Å²) >= 11 is 0. The SMILES string of the molecule is CC1CN(C(=O)C2(n3cnnn3)CCOCC2)CC1CN. The van der Waals surface area contributed by atoms with E-state index < -0.39 is 5.54 Å². The molecule has 0 radical (unpaired) electrons. The van der Waals surface area contributed by atoms with E-state index in [9.17, 15) is 4.79 Å². The number of hydrogen-bond donors (Lipinski definition) is 1. The van der Waals surface area contributed by atoms with Gasteiger partial charge in [-0.15, -0.1) is 5.10 Å². The summed E-state index contributed by atoms with van der Waals surface area (Å²) in [5, 5.41) is 11.4. The fourth-order valence-electron chi connectivity index (χ4n) is 3.41. The number of carbonyl (C=O) groups excluding carboxylic acids is 1. The second-order valence-electron chi connectivity index (χ2n) is 6.08. The van der Waals surface area contributed by atoms with Crippen LogP contribution >= 0.6 is 0 Å². The highest BCUT2D eigenvalue weighted by Crippen LogP contribution is 2.33. The van der Waals surface area contributed by atoms with Crippen LogP contribution in [0.2, 0.25) is 0 Å². The molecule has 0 aliphatic carbocycles. The van der Waals surface area contributed by atoms with Crippen LogP contribution in [0.5, 0.6) is 0 Å². The zero-order valence-corrected chi connectivity index (χ0v) is 12.3. The lowest BCUT2D eigenvalue weighted by atomic mass is 9.88. The number of ether oxygens (including phenoxy) is 1. The third-order valence-electron chi connectivity index (χ3n) is 4.86. The summed E-state index contributed by atoms with van der Waals surface area (Å²) in [7, 11) is 0. The fraction of sp³-hybridized carbons (Fsp3) is 0.846. The molecule has 8 nitrogen and oxygen atoms in total. The van der Waals surface area contributed by atoms with Crippen LogP contribution < -0.4 is 5.73 Å². The van der Waals surface area contributed by atoms with E-state index in [0.29, 0.717) is 44.4 Å². The maximum absolute atomic E-state index is 13.1. The Morgan fingerprint density at radius 3 is 2.76 bits per heavy atom. The van der Waals surface area contributed by atoms with Crippen LogP contribution in [-0.4, -0.2) is 63.9 Å². The molecule has 3 heterocycles. The Kier molecular flexibility index (Phi) is 3.90. The van der Waals surface area contributed by atoms with Gasteiger partial charge in [-0.3, -0.25) is 4.79 Å². The van der Waals surface area contributed by atoms with Crippen LogP contribution in [0.4, 0.5) is 0 Å². The molecule has 3 rings (SSSR count). The van der Waals surface area contributed by atoms with Crippen molar-refractivity contribution in [3.05, 3.63) is 6.33 Å². The minimum absolute atomic E-state index is 0.0981. The number of hydrogen-bond acceptors (Lipinski definition) is 6. The molecule has 8 heteroatoms. The third kappa shape index (κ3) is 2.42. The quantitative estimate of drug-likeness (QED) is 0.786. The molecule has 2 saturated heterocycles. The molecule has 1 amide bonds. The topological polar surface area (TPSA) is 99.2 Å². The molecule has 116 valence electrons. The average molecular weight is 294 g/mol. The van der Waals surface area contributed by atoms with Crippen molar-refractivity contribution in [1.29, 1.82) is 0 Å². The minimum Gasteiger partial charge on any atom is -0.381 e. The van der Waals surface area contributed by atoms with E-state index in [1.807, 2.05) is 4.90 Å². The number of amides is 1. The summed E-state index contributed by atoms with van der Waals surface area (Å²) in [6, 6.07) is 0. The first kappa shape index (κ1) is 14.4. The Hall–Kier alpha value is -1.54. The Morgan fingerprint density at radius 2 is 2.19 bits per heavy atom. The highest BCUT2D eigenvalue weighted by Gasteiger charge is 2.47. The standard InChI is InChI=1S/C13H22N6O2/c1-10-7-18(8-11(10)6-14)12(20)13(2-4-21-5-3-13)19-9-15-16-17-19/h9-11H,2-8,14H2,1H3. The summed E-state index contributed by atoms with van der Waals surface area (Å²) in [5.74, 6) is 0.908. The van der Waals surface area contributed by atoms with Gasteiger partial charge >= 0.3 is 0 Å². The number of nitrogens with two attached hydrogens (primary N) is 1. The number of rotatable bonds is 3. The highest BCUT2D eigenvalue weighted by molar-refractivity contribution is 5.85. The van der Waals surface area contributed by atoms with Crippen molar-refractivity contribution < 1.29 is 9.53 Å². The van der Waals surface area contributed by atoms with E-state index in [4.69, 9.17) is 10.5 Å². The van der Waals surface area contributed by atoms with Gasteiger partial charge in [-0.05, 0) is 28.8 Å². The molecule has 0 spiro atoms. The molecule has 1 aromatic heterocycles. The van der Waals surface area contributed by atoms with Gasteiger partial charge in [0.15, 0.2) is 0 Å². The van der Waals surface area contributed by atoms with Crippen molar-refractivity contribution in [2.45, 2.75) is 25.3 Å². The molecule has 2 N–H and O–H groups in total. The van der Waals surface area contributed by atoms with Crippen LogP contribution in [0.3, 0.4) is 0 Å². The number of carbonyl (C=O) groups is 1. The maximum atomic E-state index is 13.1. The molecule has 2 aliphatic heterocycles. The van der Waals surface area contributed by atoms with Crippen LogP contribution in [0.1, 0.15) is 19.8 Å². The molecule has 0 bridgehead atoms. The number of aromatic nitrogens is 4. The normalized spacial score (nSPS) is 28.8. The number of tetrazole rings is 1. The molecular formula is C13H22N6O2. The predicted molar refractivity (Wildman–Crippen MR) is 74.1 cm³/mol. The zero-order chi connectivity index (χ0) is 14.9. The molecule has 2 unspecified atom stereocenters. The monoisotopic (exact) mass is 294 g/mol. The van der Waals surface area contributed by atoms with Gasteiger partial charge in [0.2, 0.25) is 0 Å². The van der Waals surface area contributed by atoms with Crippen molar-refractivity contribution in [2.24, 2.45) is 17.6 Å². The predicted octanol–water partition coefficient (Wildman–Crippen LogP) is -0.768. The average Bonchev–Trinajstić information content (AvgIpc) is 3.16. The van der Waals surface area contributed by atoms with Crippen LogP contribution in [0.25, 0.3) is 0 Å². The first-order valence-corrected chi connectivity index (χ1v) is 7.48. The van der Waals surface area contributed by atoms with Gasteiger partial charge in [-0.2, -0.15) is 0 Å². The lowest BCUT2D eigenvalue weighted by Crippen LogP contribution is -2.53. The van der Waals surface area contributed by atoms with Crippen molar-refractivity contribution in [3.8, 4) is 0 Å². The Labute approximate surface area is 123 Å². The first-order valence-electron chi connectivity index (χ1n) is 7.48. The van der Waals surface area contributed by atoms with E-state index in [1.54, 1.807) is 4.68 Å². The van der Waals surface area contributed by atoms with Crippen molar-refractivity contribution in [2.75, 3.05) is 32.8 Å². The van der Waals surface area contributed by atoms with Crippen LogP contribution in [0, 0.1) is 11.8 Å². The first-order chi connectivity index (χ1) is 10.2. The Morgan fingerprint density at radius 1 is 1.43 bits per heavy atom. The van der Waals surface area contributed by atoms with Crippen LogP contribution in [0.15, 0.2) is 6.33 Å². The summed E-state index contributed by atoms with van der Waals surface area (Å²) in [6.07, 6.45) is 2.74. The molecule has 2 aliphatic rings. The lowest BCUT2D eigenvalue weighted by Gasteiger charge is -2.37. The molecule has 0 saturated carbocycles. The van der Waals surface area contributed by atoms with Gasteiger partial charge < -0.3 is 15.4 Å². The summed E-state index contributed by atoms with van der Waals surface area (Å²) in [6.45, 7) is 5.35. The van der Waals surface area contributed by atoms with Gasteiger partial charge in [-0.1, -0.05) is 6.92 Å². The highest BCUT2D eigenvalue weighted by atomic mass is 16.5. The van der Waals surface area contributed by atoms with Gasteiger partial charge in [0.25, 0.3) is 5.91 Å². The van der Waals surface area contributed by atoms with Gasteiger partial charge in [0.05, 0.1) is 0 Å². The fourth-order valence-corrected chi connectivity index (χ4v) is 3.41. The summed E-state index contributed by atoms with van der Waals surface area (Å²) < 4.78 is 7.04. The Bertz CT molecular complexity index is 485. The molecule has 0 aromatic carbocycles. The van der Waals surface area contributed by atoms with E-state index >= 15 is 0 Å². The molecule has 2 fully saturated rings. The molecule has 21 heavy (non-hydrogen) atoms. The largest absolute Gasteiger partial charge is 0.381 e. The smallest absolute Gasteiger partial charge is 0.250 e. The molecular weight excluding hydrogens is 272 g/mol. The van der Waals surface area contributed by atoms with E-state index in [1.165, 1.54) is 6.33 Å². The van der Waals surface area contributed by atoms with Crippen molar-refractivity contribution >= 4 is 5.91 Å². The second-order valence-corrected chi connectivity index (χ2v) is 6.08. The number of nitrogens with zero attached hydrogens (tertiary/aromatic N) is 5. The van der Waals surface area contributed by atoms with E-state index in [-0.39, 0.29) is 5.91 Å². The minimum atomic E-state index is -0.703. The Balaban J connectivity index is 1.86. The lowest BCUT2D eigenvalue weighted by molar-refractivity contribution is -0.146. The van der Waals surface area contributed by atoms with E-state index in [2.05, 4.69) is 22.4 Å². The summed E-state index contributed by atoms with van der Waals surface area (Å²) in [4.78, 5) is 15.1. The second kappa shape index (κ2) is 5.69. The zero-order valence-electron chi connectivity index (χ0n) is 12.3.